The lowest BCUT2D eigenvalue weighted by atomic mass is 9.94. The highest BCUT2D eigenvalue weighted by atomic mass is 16.3. The summed E-state index contributed by atoms with van der Waals surface area (Å²) < 4.78 is 0. The molecule has 13 nitrogen and oxygen atoms in total. The largest absolute Gasteiger partial charge is 0.396 e. The van der Waals surface area contributed by atoms with Gasteiger partial charge in [0.2, 0.25) is 0 Å². The van der Waals surface area contributed by atoms with Crippen molar-refractivity contribution in [2.45, 2.75) is 120 Å². The Bertz CT molecular complexity index is 2340. The fourth-order valence-electron chi connectivity index (χ4n) is 10.0. The topological polar surface area (TPSA) is 150 Å². The maximum atomic E-state index is 13.3. The van der Waals surface area contributed by atoms with Crippen LogP contribution in [0.15, 0.2) is 72.8 Å². The molecule has 2 aliphatic heterocycles. The molecule has 4 aliphatic carbocycles. The van der Waals surface area contributed by atoms with Gasteiger partial charge in [-0.3, -0.25) is 0 Å². The third-order valence-corrected chi connectivity index (χ3v) is 14.2. The Balaban J connectivity index is 0.000000162. The maximum Gasteiger partial charge on any atom is 0.318 e. The van der Waals surface area contributed by atoms with Crippen LogP contribution in [0.25, 0.3) is 21.5 Å². The van der Waals surface area contributed by atoms with Gasteiger partial charge in [0.05, 0.1) is 12.1 Å². The quantitative estimate of drug-likeness (QED) is 0.105. The number of hydrogen-bond acceptors (Lipinski definition) is 5. The first-order valence-electron chi connectivity index (χ1n) is 23.9. The van der Waals surface area contributed by atoms with Crippen molar-refractivity contribution < 1.29 is 24.3 Å². The number of rotatable bonds is 11. The zero-order chi connectivity index (χ0) is 44.3. The molecule has 4 aromatic carbocycles. The second-order valence-corrected chi connectivity index (χ2v) is 19.2. The summed E-state index contributed by atoms with van der Waals surface area (Å²) in [6.45, 7) is 3.40. The van der Waals surface area contributed by atoms with Crippen LogP contribution in [-0.4, -0.2) is 120 Å². The van der Waals surface area contributed by atoms with Crippen molar-refractivity contribution in [3.63, 3.8) is 0 Å². The van der Waals surface area contributed by atoms with Crippen LogP contribution in [0.3, 0.4) is 0 Å². The molecular weight excluding hydrogens is 805 g/mol. The fourth-order valence-corrected chi connectivity index (χ4v) is 10.0. The number of likely N-dealkylation sites (tertiary alicyclic amines) is 2. The predicted molar refractivity (Wildman–Crippen MR) is 250 cm³/mol. The predicted octanol–water partition coefficient (Wildman–Crippen LogP) is 7.61. The Hall–Kier alpha value is -5.56. The number of hydrogen-bond donors (Lipinski definition) is 5. The van der Waals surface area contributed by atoms with E-state index in [1.54, 1.807) is 19.0 Å². The summed E-state index contributed by atoms with van der Waals surface area (Å²) in [5.74, 6) is 1.48. The molecule has 10 rings (SSSR count). The number of carbonyl (C=O) groups excluding carboxylic acids is 4. The van der Waals surface area contributed by atoms with Gasteiger partial charge in [-0.1, -0.05) is 60.7 Å². The van der Waals surface area contributed by atoms with E-state index < -0.39 is 0 Å². The van der Waals surface area contributed by atoms with Gasteiger partial charge in [-0.25, -0.2) is 19.2 Å². The zero-order valence-electron chi connectivity index (χ0n) is 37.6. The van der Waals surface area contributed by atoms with Crippen molar-refractivity contribution in [3.05, 3.63) is 95.1 Å². The van der Waals surface area contributed by atoms with Gasteiger partial charge in [-0.15, -0.1) is 0 Å². The fraction of sp³-hybridized carbons (Fsp3) is 0.529. The van der Waals surface area contributed by atoms with E-state index in [2.05, 4.69) is 94.1 Å². The first kappa shape index (κ1) is 43.7. The summed E-state index contributed by atoms with van der Waals surface area (Å²) in [7, 11) is 3.27. The zero-order valence-corrected chi connectivity index (χ0v) is 37.6. The summed E-state index contributed by atoms with van der Waals surface area (Å²) in [6, 6.07) is 26.6. The SMILES string of the molecule is CNC(=O)N1CC(CO)CC(N(C(=O)NCc2ccc3cc(C4CC4)ccc3c2)C2CC2)C1.CNC(=O)N1CCCC(N(C(=O)NCc2ccc3cc(C4CC4)ccc3c2)C2CC2)C1. The molecule has 340 valence electrons. The molecule has 6 fully saturated rings. The number of urea groups is 4. The minimum Gasteiger partial charge on any atom is -0.396 e. The minimum absolute atomic E-state index is 0.00423. The van der Waals surface area contributed by atoms with E-state index in [4.69, 9.17) is 0 Å². The molecule has 0 aromatic heterocycles. The molecule has 4 saturated carbocycles. The van der Waals surface area contributed by atoms with Crippen molar-refractivity contribution >= 4 is 45.7 Å². The van der Waals surface area contributed by atoms with Gasteiger partial charge < -0.3 is 46.0 Å². The second-order valence-electron chi connectivity index (χ2n) is 19.2. The van der Waals surface area contributed by atoms with E-state index >= 15 is 0 Å². The minimum atomic E-state index is -0.157. The molecule has 3 atom stereocenters. The van der Waals surface area contributed by atoms with Crippen LogP contribution in [0.4, 0.5) is 19.2 Å². The number of nitrogens with zero attached hydrogens (tertiary/aromatic N) is 4. The summed E-state index contributed by atoms with van der Waals surface area (Å²) in [4.78, 5) is 58.2. The van der Waals surface area contributed by atoms with Crippen molar-refractivity contribution in [1.29, 1.82) is 0 Å². The normalized spacial score (nSPS) is 22.0. The van der Waals surface area contributed by atoms with Gasteiger partial charge >= 0.3 is 24.1 Å². The average molecular weight is 871 g/mol. The third-order valence-electron chi connectivity index (χ3n) is 14.2. The van der Waals surface area contributed by atoms with Gasteiger partial charge in [-0.05, 0) is 138 Å². The molecule has 0 bridgehead atoms. The number of nitrogens with one attached hydrogen (secondary N) is 4. The molecular formula is C51H66N8O5. The van der Waals surface area contributed by atoms with Crippen LogP contribution in [0, 0.1) is 5.92 Å². The number of aliphatic hydroxyl groups is 1. The number of fused-ring (bicyclic) bond motifs is 2. The van der Waals surface area contributed by atoms with E-state index in [1.165, 1.54) is 58.4 Å². The van der Waals surface area contributed by atoms with Crippen molar-refractivity contribution in [2.75, 3.05) is 46.9 Å². The number of carbonyl (C=O) groups is 4. The molecule has 6 aliphatic rings. The van der Waals surface area contributed by atoms with Gasteiger partial charge in [0.1, 0.15) is 0 Å². The highest BCUT2D eigenvalue weighted by Crippen LogP contribution is 2.42. The average Bonchev–Trinajstić information content (AvgIpc) is 4.12. The van der Waals surface area contributed by atoms with E-state index in [0.717, 1.165) is 68.0 Å². The summed E-state index contributed by atoms with van der Waals surface area (Å²) in [5.41, 5.74) is 5.08. The molecule has 5 N–H and O–H groups in total. The third kappa shape index (κ3) is 10.5. The second kappa shape index (κ2) is 19.3. The lowest BCUT2D eigenvalue weighted by Crippen LogP contribution is -2.58. The lowest BCUT2D eigenvalue weighted by Gasteiger charge is -2.42. The Kier molecular flexibility index (Phi) is 13.2. The van der Waals surface area contributed by atoms with E-state index in [0.29, 0.717) is 45.2 Å². The highest BCUT2D eigenvalue weighted by molar-refractivity contribution is 5.85. The smallest absolute Gasteiger partial charge is 0.318 e. The Morgan fingerprint density at radius 3 is 1.52 bits per heavy atom. The van der Waals surface area contributed by atoms with Crippen LogP contribution in [-0.2, 0) is 13.1 Å². The molecule has 2 saturated heterocycles. The number of benzene rings is 4. The highest BCUT2D eigenvalue weighted by Gasteiger charge is 2.42. The summed E-state index contributed by atoms with van der Waals surface area (Å²) in [6.07, 6.45) is 11.9. The first-order chi connectivity index (χ1) is 31.2. The Morgan fingerprint density at radius 1 is 0.562 bits per heavy atom. The monoisotopic (exact) mass is 871 g/mol. The van der Waals surface area contributed by atoms with Crippen LogP contribution >= 0.6 is 0 Å². The van der Waals surface area contributed by atoms with Gasteiger partial charge in [-0.2, -0.15) is 0 Å². The van der Waals surface area contributed by atoms with Crippen LogP contribution < -0.4 is 21.3 Å². The van der Waals surface area contributed by atoms with E-state index in [-0.39, 0.29) is 54.8 Å². The van der Waals surface area contributed by atoms with Crippen LogP contribution in [0.5, 0.6) is 0 Å². The number of piperidine rings is 2. The maximum absolute atomic E-state index is 13.3. The van der Waals surface area contributed by atoms with Crippen molar-refractivity contribution in [2.24, 2.45) is 5.92 Å². The Labute approximate surface area is 377 Å². The molecule has 3 unspecified atom stereocenters. The number of aliphatic hydroxyl groups excluding tert-OH is 1. The molecule has 0 radical (unpaired) electrons. The molecule has 0 spiro atoms. The Morgan fingerprint density at radius 2 is 1.03 bits per heavy atom. The molecule has 13 heteroatoms. The van der Waals surface area contributed by atoms with E-state index in [9.17, 15) is 24.3 Å². The van der Waals surface area contributed by atoms with Crippen molar-refractivity contribution in [3.8, 4) is 0 Å². The summed E-state index contributed by atoms with van der Waals surface area (Å²) in [5, 5.41) is 26.4. The van der Waals surface area contributed by atoms with Gasteiger partial charge in [0.25, 0.3) is 0 Å². The standard InChI is InChI=1S/C26H34N4O3.C25H32N4O2/c1-27-25(32)29-14-18(16-31)11-24(15-29)30(23-8-9-23)26(33)28-13-17-2-3-22-12-21(19-4-5-19)7-6-20(22)10-17;1-26-24(30)28-12-2-3-23(16-28)29(22-10-11-22)25(31)27-15-17-4-5-21-14-20(18-6-7-18)9-8-19(21)13-17/h2-3,6-7,10,12,18-19,23-24,31H,4-5,8-9,11,13-16H2,1H3,(H,27,32)(H,28,33);4-5,8-9,13-14,18,22-23H,2-3,6-7,10-12,15-16H2,1H3,(H,26,30)(H,27,31). The lowest BCUT2D eigenvalue weighted by molar-refractivity contribution is 0.0690. The number of amides is 8. The molecule has 8 amide bonds. The van der Waals surface area contributed by atoms with E-state index in [1.807, 2.05) is 14.7 Å². The van der Waals surface area contributed by atoms with Gasteiger partial charge in [0.15, 0.2) is 0 Å². The summed E-state index contributed by atoms with van der Waals surface area (Å²) >= 11 is 0. The van der Waals surface area contributed by atoms with Gasteiger partial charge in [0, 0.05) is 78.0 Å². The molecule has 2 heterocycles. The van der Waals surface area contributed by atoms with Crippen LogP contribution in [0.1, 0.15) is 105 Å². The first-order valence-corrected chi connectivity index (χ1v) is 23.9. The molecule has 4 aromatic rings. The van der Waals surface area contributed by atoms with Crippen molar-refractivity contribution in [1.82, 2.24) is 40.9 Å². The van der Waals surface area contributed by atoms with Crippen LogP contribution in [0.2, 0.25) is 0 Å². The molecule has 64 heavy (non-hydrogen) atoms.